The first-order chi connectivity index (χ1) is 9.21. The molecule has 2 amide bonds. The van der Waals surface area contributed by atoms with Gasteiger partial charge in [-0.15, -0.1) is 0 Å². The van der Waals surface area contributed by atoms with E-state index in [2.05, 4.69) is 5.32 Å². The molecule has 6 nitrogen and oxygen atoms in total. The van der Waals surface area contributed by atoms with E-state index >= 15 is 0 Å². The van der Waals surface area contributed by atoms with Gasteiger partial charge in [0.15, 0.2) is 0 Å². The zero-order valence-electron chi connectivity index (χ0n) is 11.6. The summed E-state index contributed by atoms with van der Waals surface area (Å²) in [5.74, 6) is -3.06. The van der Waals surface area contributed by atoms with E-state index in [4.69, 9.17) is 5.73 Å². The largest absolute Gasteiger partial charge is 0.481 e. The van der Waals surface area contributed by atoms with Crippen molar-refractivity contribution in [1.82, 2.24) is 5.32 Å². The highest BCUT2D eigenvalue weighted by atomic mass is 16.4. The monoisotopic (exact) mass is 280 g/mol. The van der Waals surface area contributed by atoms with Gasteiger partial charge in [-0.05, 0) is 32.1 Å². The van der Waals surface area contributed by atoms with E-state index in [9.17, 15) is 19.5 Å². The highest BCUT2D eigenvalue weighted by Crippen LogP contribution is 2.48. The molecule has 1 fully saturated rings. The fourth-order valence-corrected chi connectivity index (χ4v) is 3.41. The van der Waals surface area contributed by atoms with Gasteiger partial charge in [0.25, 0.3) is 0 Å². The average Bonchev–Trinajstić information content (AvgIpc) is 2.84. The molecule has 0 aromatic rings. The summed E-state index contributed by atoms with van der Waals surface area (Å²) < 4.78 is 0. The van der Waals surface area contributed by atoms with Gasteiger partial charge in [0.05, 0.1) is 11.8 Å². The van der Waals surface area contributed by atoms with Crippen LogP contribution < -0.4 is 11.1 Å². The number of aliphatic carboxylic acids is 1. The molecule has 4 N–H and O–H groups in total. The van der Waals surface area contributed by atoms with Gasteiger partial charge in [-0.1, -0.05) is 12.2 Å². The van der Waals surface area contributed by atoms with Crippen molar-refractivity contribution in [3.05, 3.63) is 12.2 Å². The van der Waals surface area contributed by atoms with Crippen molar-refractivity contribution in [2.45, 2.75) is 32.2 Å². The summed E-state index contributed by atoms with van der Waals surface area (Å²) in [5, 5.41) is 12.1. The molecule has 2 aliphatic rings. The Morgan fingerprint density at radius 2 is 1.80 bits per heavy atom. The molecule has 110 valence electrons. The first kappa shape index (κ1) is 14.6. The van der Waals surface area contributed by atoms with Crippen molar-refractivity contribution in [3.63, 3.8) is 0 Å². The number of carboxylic acids is 1. The highest BCUT2D eigenvalue weighted by molar-refractivity contribution is 5.87. The number of amides is 2. The normalized spacial score (nSPS) is 31.3. The summed E-state index contributed by atoms with van der Waals surface area (Å²) >= 11 is 0. The van der Waals surface area contributed by atoms with Crippen LogP contribution in [-0.4, -0.2) is 28.4 Å². The zero-order valence-corrected chi connectivity index (χ0v) is 11.6. The lowest BCUT2D eigenvalue weighted by molar-refractivity contribution is -0.148. The van der Waals surface area contributed by atoms with Crippen molar-refractivity contribution < 1.29 is 19.5 Å². The lowest BCUT2D eigenvalue weighted by Crippen LogP contribution is -2.50. The van der Waals surface area contributed by atoms with Crippen LogP contribution in [0.5, 0.6) is 0 Å². The van der Waals surface area contributed by atoms with Crippen molar-refractivity contribution in [3.8, 4) is 0 Å². The van der Waals surface area contributed by atoms with Crippen LogP contribution in [-0.2, 0) is 14.4 Å². The Hall–Kier alpha value is -1.85. The Morgan fingerprint density at radius 3 is 2.30 bits per heavy atom. The second-order valence-electron chi connectivity index (χ2n) is 6.35. The Bertz CT molecular complexity index is 484. The summed E-state index contributed by atoms with van der Waals surface area (Å²) in [6.45, 7) is 3.41. The molecular weight excluding hydrogens is 260 g/mol. The number of carbonyl (C=O) groups excluding carboxylic acids is 2. The molecule has 0 radical (unpaired) electrons. The van der Waals surface area contributed by atoms with Crippen molar-refractivity contribution in [1.29, 1.82) is 0 Å². The van der Waals surface area contributed by atoms with Gasteiger partial charge >= 0.3 is 5.97 Å². The molecule has 2 bridgehead atoms. The van der Waals surface area contributed by atoms with Crippen molar-refractivity contribution >= 4 is 17.8 Å². The van der Waals surface area contributed by atoms with E-state index in [0.717, 1.165) is 0 Å². The predicted octanol–water partition coefficient (Wildman–Crippen LogP) is 0.280. The van der Waals surface area contributed by atoms with Crippen LogP contribution in [0.1, 0.15) is 26.7 Å². The highest BCUT2D eigenvalue weighted by Gasteiger charge is 2.52. The molecule has 0 spiro atoms. The molecule has 2 unspecified atom stereocenters. The number of hydrogen-bond acceptors (Lipinski definition) is 3. The Balaban J connectivity index is 2.11. The second kappa shape index (κ2) is 4.92. The Kier molecular flexibility index (Phi) is 3.58. The number of rotatable bonds is 5. The lowest BCUT2D eigenvalue weighted by atomic mass is 9.82. The molecule has 2 rings (SSSR count). The van der Waals surface area contributed by atoms with Crippen LogP contribution in [0.25, 0.3) is 0 Å². The smallest absolute Gasteiger partial charge is 0.307 e. The zero-order chi connectivity index (χ0) is 15.1. The Labute approximate surface area is 117 Å². The van der Waals surface area contributed by atoms with Crippen LogP contribution in [0.4, 0.5) is 0 Å². The molecule has 0 aliphatic heterocycles. The summed E-state index contributed by atoms with van der Waals surface area (Å²) in [6, 6.07) is 0. The van der Waals surface area contributed by atoms with E-state index in [1.807, 2.05) is 12.2 Å². The van der Waals surface area contributed by atoms with E-state index < -0.39 is 29.3 Å². The third kappa shape index (κ3) is 2.69. The van der Waals surface area contributed by atoms with Crippen molar-refractivity contribution in [2.24, 2.45) is 29.4 Å². The summed E-state index contributed by atoms with van der Waals surface area (Å²) in [4.78, 5) is 34.7. The minimum absolute atomic E-state index is 0.0210. The number of hydrogen-bond donors (Lipinski definition) is 3. The number of fused-ring (bicyclic) bond motifs is 2. The van der Waals surface area contributed by atoms with Crippen LogP contribution in [0, 0.1) is 23.7 Å². The summed E-state index contributed by atoms with van der Waals surface area (Å²) in [7, 11) is 0. The summed E-state index contributed by atoms with van der Waals surface area (Å²) in [6.07, 6.45) is 4.55. The number of primary amides is 1. The van der Waals surface area contributed by atoms with Crippen LogP contribution in [0.3, 0.4) is 0 Å². The molecule has 0 saturated heterocycles. The number of allylic oxidation sites excluding steroid dienone is 2. The average molecular weight is 280 g/mol. The molecule has 0 aromatic heterocycles. The fraction of sp³-hybridized carbons (Fsp3) is 0.643. The maximum atomic E-state index is 12.4. The molecule has 6 heteroatoms. The predicted molar refractivity (Wildman–Crippen MR) is 71.4 cm³/mol. The fourth-order valence-electron chi connectivity index (χ4n) is 3.41. The Morgan fingerprint density at radius 1 is 1.25 bits per heavy atom. The van der Waals surface area contributed by atoms with Crippen molar-refractivity contribution in [2.75, 3.05) is 0 Å². The SMILES string of the molecule is CC(C)(CC(N)=O)NC(=O)[C@H]1C2C=CC(C2)[C@H]1C(=O)O. The molecule has 0 heterocycles. The standard InChI is InChI=1S/C14H20N2O4/c1-14(2,6-9(15)17)16-12(18)10-7-3-4-8(5-7)11(10)13(19)20/h3-4,7-8,10-11H,5-6H2,1-2H3,(H2,15,17)(H,16,18)(H,19,20)/t7?,8?,10-,11+/m0/s1. The van der Waals surface area contributed by atoms with Gasteiger partial charge in [-0.3, -0.25) is 14.4 Å². The van der Waals surface area contributed by atoms with E-state index in [-0.39, 0.29) is 24.2 Å². The molecule has 1 saturated carbocycles. The third-order valence-corrected chi connectivity index (χ3v) is 4.12. The molecule has 2 aliphatic carbocycles. The maximum Gasteiger partial charge on any atom is 0.307 e. The van der Waals surface area contributed by atoms with Gasteiger partial charge < -0.3 is 16.2 Å². The van der Waals surface area contributed by atoms with Gasteiger partial charge in [0, 0.05) is 12.0 Å². The molecule has 20 heavy (non-hydrogen) atoms. The van der Waals surface area contributed by atoms with Gasteiger partial charge in [-0.2, -0.15) is 0 Å². The van der Waals surface area contributed by atoms with Gasteiger partial charge in [-0.25, -0.2) is 0 Å². The van der Waals surface area contributed by atoms with E-state index in [0.29, 0.717) is 6.42 Å². The number of carboxylic acid groups (broad SMARTS) is 1. The summed E-state index contributed by atoms with van der Waals surface area (Å²) in [5.41, 5.74) is 4.38. The van der Waals surface area contributed by atoms with E-state index in [1.54, 1.807) is 13.8 Å². The first-order valence-corrected chi connectivity index (χ1v) is 6.73. The number of nitrogens with two attached hydrogens (primary N) is 1. The van der Waals surface area contributed by atoms with Crippen LogP contribution in [0.2, 0.25) is 0 Å². The second-order valence-corrected chi connectivity index (χ2v) is 6.35. The lowest BCUT2D eigenvalue weighted by Gasteiger charge is -2.30. The maximum absolute atomic E-state index is 12.4. The third-order valence-electron chi connectivity index (χ3n) is 4.12. The number of nitrogens with one attached hydrogen (secondary N) is 1. The van der Waals surface area contributed by atoms with E-state index in [1.165, 1.54) is 0 Å². The van der Waals surface area contributed by atoms with Crippen LogP contribution >= 0.6 is 0 Å². The molecule has 0 aromatic carbocycles. The molecular formula is C14H20N2O4. The van der Waals surface area contributed by atoms with Gasteiger partial charge in [0.2, 0.25) is 11.8 Å². The van der Waals surface area contributed by atoms with Gasteiger partial charge in [0.1, 0.15) is 0 Å². The topological polar surface area (TPSA) is 109 Å². The quantitative estimate of drug-likeness (QED) is 0.628. The number of carbonyl (C=O) groups is 3. The first-order valence-electron chi connectivity index (χ1n) is 6.73. The molecule has 4 atom stereocenters. The minimum atomic E-state index is -0.935. The minimum Gasteiger partial charge on any atom is -0.481 e. The van der Waals surface area contributed by atoms with Crippen LogP contribution in [0.15, 0.2) is 12.2 Å².